The first kappa shape index (κ1) is 133. The molecule has 36 heteroatoms. The number of nitrogens with one attached hydrogen (secondary N) is 14. The van der Waals surface area contributed by atoms with Crippen LogP contribution < -0.4 is 74.4 Å². The van der Waals surface area contributed by atoms with Crippen molar-refractivity contribution in [3.63, 3.8) is 0 Å². The van der Waals surface area contributed by atoms with E-state index in [9.17, 15) is 67.1 Å². The number of nitrogens with zero attached hydrogens (tertiary/aromatic N) is 8. The van der Waals surface area contributed by atoms with Crippen LogP contribution in [0.25, 0.3) is 0 Å². The molecule has 0 aliphatic rings. The Kier molecular flexibility index (Phi) is 89.5. The van der Waals surface area contributed by atoms with Crippen molar-refractivity contribution in [2.24, 2.45) is 0 Å². The number of pyridine rings is 1. The van der Waals surface area contributed by atoms with Gasteiger partial charge in [0.25, 0.3) is 0 Å². The van der Waals surface area contributed by atoms with E-state index in [0.29, 0.717) is 151 Å². The van der Waals surface area contributed by atoms with Gasteiger partial charge in [-0.05, 0) is 69.1 Å². The highest BCUT2D eigenvalue weighted by atomic mass is 16.2. The minimum Gasteiger partial charge on any atom is -0.356 e. The first-order chi connectivity index (χ1) is 70.0. The van der Waals surface area contributed by atoms with Gasteiger partial charge in [0.1, 0.15) is 0 Å². The molecule has 144 heavy (non-hydrogen) atoms. The number of rotatable bonds is 102. The van der Waals surface area contributed by atoms with Crippen molar-refractivity contribution >= 4 is 82.7 Å². The Balaban J connectivity index is 3.50. The SMILES string of the molecule is CCCCCCNC(=O)CCN(CCNC(=O)CCN(CCNC(=O)CCN(CCC(=O)NCCN(CCC(=O)NCCN(CCC(=O)NCCCCCC)CCC(=O)NCCCCCC)CCC(=O)NCCN(CCC(=O)NCCCCCC)CCC(=O)NCCCCCC)Cc1ccncc1)CCC(=O)NCCN(CCC(=O)NCCCCCC)CCC(=O)NCCCCCC)CCC(=O)NCCCCCC. The van der Waals surface area contributed by atoms with Crippen LogP contribution >= 0.6 is 0 Å². The number of amides is 14. The molecule has 0 aliphatic carbocycles. The molecule has 0 spiro atoms. The monoisotopic (exact) mass is 2030 g/mol. The molecule has 1 aromatic heterocycles. The van der Waals surface area contributed by atoms with Crippen LogP contribution in [0.4, 0.5) is 0 Å². The lowest BCUT2D eigenvalue weighted by molar-refractivity contribution is -0.123. The Hall–Kier alpha value is -8.55. The zero-order valence-electron chi connectivity index (χ0n) is 91.4. The van der Waals surface area contributed by atoms with Crippen LogP contribution in [0.15, 0.2) is 24.5 Å². The van der Waals surface area contributed by atoms with Crippen molar-refractivity contribution < 1.29 is 67.1 Å². The molecule has 0 atom stereocenters. The van der Waals surface area contributed by atoms with Gasteiger partial charge < -0.3 is 104 Å². The summed E-state index contributed by atoms with van der Waals surface area (Å²) in [6.07, 6.45) is 38.9. The summed E-state index contributed by atoms with van der Waals surface area (Å²) >= 11 is 0. The molecule has 0 unspecified atom stereocenters. The van der Waals surface area contributed by atoms with Gasteiger partial charge in [-0.25, -0.2) is 0 Å². The van der Waals surface area contributed by atoms with E-state index in [1.54, 1.807) is 12.4 Å². The first-order valence-electron chi connectivity index (χ1n) is 56.7. The van der Waals surface area contributed by atoms with E-state index in [1.807, 2.05) is 46.4 Å². The Morgan fingerprint density at radius 2 is 0.292 bits per heavy atom. The van der Waals surface area contributed by atoms with Crippen LogP contribution in [0, 0.1) is 0 Å². The fourth-order valence-electron chi connectivity index (χ4n) is 16.3. The second-order valence-electron chi connectivity index (χ2n) is 38.6. The Bertz CT molecular complexity index is 2980. The minimum absolute atomic E-state index is 0.0638. The van der Waals surface area contributed by atoms with Crippen molar-refractivity contribution in [2.75, 3.05) is 223 Å². The standard InChI is InChI=1S/C108H204N22O14/c1-9-17-25-33-57-110-95(131)43-73-124(74-44-96(132)111-58-34-26-18-10-2)87-67-118-103(139)51-81-128(82-52-104(140)119-68-88-125(75-45-97(133)112-59-35-27-19-11-3)76-46-98(134)113-60-36-28-20-12-4)91-71-122-107(143)55-85-130(93-94-41-65-109-66-42-94)86-56-108(144)123-72-92-129(83-53-105(141)120-69-89-126(77-47-99(135)114-61-37-29-21-13-5)78-48-100(136)115-62-38-30-22-14-6)84-54-106(142)121-70-90-127(79-49-101(137)116-63-39-31-23-15-7)80-50-102(138)117-64-40-32-24-16-8/h41-42,65-66H,9-40,43-64,67-93H2,1-8H3,(H,110,131)(H,111,132)(H,112,133)(H,113,134)(H,114,135)(H,115,136)(H,116,137)(H,117,138)(H,118,139)(H,119,140)(H,120,141)(H,121,142)(H,122,143)(H,123,144). The third kappa shape index (κ3) is 85.5. The summed E-state index contributed by atoms with van der Waals surface area (Å²) in [5.74, 6) is -1.94. The van der Waals surface area contributed by atoms with E-state index in [0.717, 1.165) is 211 Å². The maximum Gasteiger partial charge on any atom is 0.221 e. The number of carbonyl (C=O) groups is 14. The van der Waals surface area contributed by atoms with Gasteiger partial charge in [0.2, 0.25) is 82.7 Å². The molecular weight excluding hydrogens is 1830 g/mol. The lowest BCUT2D eigenvalue weighted by Gasteiger charge is -2.25. The predicted molar refractivity (Wildman–Crippen MR) is 578 cm³/mol. The maximum absolute atomic E-state index is 14.0. The van der Waals surface area contributed by atoms with Gasteiger partial charge >= 0.3 is 0 Å². The zero-order valence-corrected chi connectivity index (χ0v) is 91.4. The Labute approximate surface area is 869 Å². The van der Waals surface area contributed by atoms with Gasteiger partial charge in [0.15, 0.2) is 0 Å². The van der Waals surface area contributed by atoms with Crippen LogP contribution in [-0.2, 0) is 73.7 Å². The van der Waals surface area contributed by atoms with Crippen LogP contribution in [-0.4, -0.2) is 345 Å². The average molecular weight is 2030 g/mol. The summed E-state index contributed by atoms with van der Waals surface area (Å²) < 4.78 is 0. The fraction of sp³-hybridized carbons (Fsp3) is 0.824. The predicted octanol–water partition coefficient (Wildman–Crippen LogP) is 9.43. The van der Waals surface area contributed by atoms with Gasteiger partial charge in [-0.1, -0.05) is 209 Å². The van der Waals surface area contributed by atoms with E-state index in [4.69, 9.17) is 0 Å². The quantitative estimate of drug-likeness (QED) is 0.0270. The van der Waals surface area contributed by atoms with Crippen molar-refractivity contribution in [2.45, 2.75) is 357 Å². The van der Waals surface area contributed by atoms with Gasteiger partial charge in [-0.3, -0.25) is 77.0 Å². The summed E-state index contributed by atoms with van der Waals surface area (Å²) in [6.45, 7) is 30.9. The summed E-state index contributed by atoms with van der Waals surface area (Å²) in [5.41, 5.74) is 0.922. The number of hydrogen-bond acceptors (Lipinski definition) is 22. The van der Waals surface area contributed by atoms with E-state index in [1.165, 1.54) is 0 Å². The van der Waals surface area contributed by atoms with E-state index in [-0.39, 0.29) is 251 Å². The van der Waals surface area contributed by atoms with Crippen LogP contribution in [0.5, 0.6) is 0 Å². The average Bonchev–Trinajstić information content (AvgIpc) is 0.907. The van der Waals surface area contributed by atoms with Crippen LogP contribution in [0.1, 0.15) is 356 Å². The van der Waals surface area contributed by atoms with Crippen molar-refractivity contribution in [3.05, 3.63) is 30.1 Å². The van der Waals surface area contributed by atoms with Crippen molar-refractivity contribution in [3.8, 4) is 0 Å². The molecule has 36 nitrogen and oxygen atoms in total. The smallest absolute Gasteiger partial charge is 0.221 e. The second-order valence-corrected chi connectivity index (χ2v) is 38.6. The van der Waals surface area contributed by atoms with E-state index in [2.05, 4.69) is 135 Å². The van der Waals surface area contributed by atoms with Crippen LogP contribution in [0.2, 0.25) is 0 Å². The molecule has 0 bridgehead atoms. The molecule has 14 amide bonds. The second kappa shape index (κ2) is 96.6. The molecule has 0 saturated heterocycles. The molecular formula is C108H204N22O14. The highest BCUT2D eigenvalue weighted by Crippen LogP contribution is 2.12. The molecule has 0 aromatic carbocycles. The van der Waals surface area contributed by atoms with E-state index >= 15 is 0 Å². The number of aromatic nitrogens is 1. The van der Waals surface area contributed by atoms with E-state index < -0.39 is 0 Å². The molecule has 0 radical (unpaired) electrons. The minimum atomic E-state index is -0.249. The van der Waals surface area contributed by atoms with Crippen molar-refractivity contribution in [1.82, 2.24) is 114 Å². The van der Waals surface area contributed by atoms with Gasteiger partial charge in [0.05, 0.1) is 0 Å². The normalized spacial score (nSPS) is 11.4. The molecule has 1 rings (SSSR count). The Morgan fingerprint density at radius 3 is 0.424 bits per heavy atom. The topological polar surface area (TPSA) is 443 Å². The summed E-state index contributed by atoms with van der Waals surface area (Å²) in [6, 6.07) is 3.76. The molecule has 0 aliphatic heterocycles. The number of carbonyl (C=O) groups excluding carboxylic acids is 14. The van der Waals surface area contributed by atoms with Gasteiger partial charge in [0, 0.05) is 331 Å². The van der Waals surface area contributed by atoms with Gasteiger partial charge in [-0.2, -0.15) is 0 Å². The Morgan fingerprint density at radius 1 is 0.167 bits per heavy atom. The molecule has 14 N–H and O–H groups in total. The summed E-state index contributed by atoms with van der Waals surface area (Å²) in [5, 5.41) is 42.5. The first-order valence-corrected chi connectivity index (χ1v) is 56.7. The number of unbranched alkanes of at least 4 members (excludes halogenated alkanes) is 24. The third-order valence-corrected chi connectivity index (χ3v) is 25.6. The largest absolute Gasteiger partial charge is 0.356 e. The molecule has 0 fully saturated rings. The summed E-state index contributed by atoms with van der Waals surface area (Å²) in [7, 11) is 0. The lowest BCUT2D eigenvalue weighted by Crippen LogP contribution is -2.42. The fourth-order valence-corrected chi connectivity index (χ4v) is 16.3. The molecule has 1 aromatic rings. The summed E-state index contributed by atoms with van der Waals surface area (Å²) in [4.78, 5) is 205. The number of hydrogen-bond donors (Lipinski definition) is 14. The molecule has 830 valence electrons. The van der Waals surface area contributed by atoms with Crippen LogP contribution in [0.3, 0.4) is 0 Å². The lowest BCUT2D eigenvalue weighted by atomic mass is 10.2. The molecule has 0 saturated carbocycles. The third-order valence-electron chi connectivity index (χ3n) is 25.6. The highest BCUT2D eigenvalue weighted by Gasteiger charge is 2.22. The van der Waals surface area contributed by atoms with Crippen molar-refractivity contribution in [1.29, 1.82) is 0 Å². The zero-order chi connectivity index (χ0) is 105. The highest BCUT2D eigenvalue weighted by molar-refractivity contribution is 5.81. The van der Waals surface area contributed by atoms with Gasteiger partial charge in [-0.15, -0.1) is 0 Å². The maximum atomic E-state index is 14.0. The molecule has 1 heterocycles.